The molecule has 2 aliphatic rings. The maximum atomic E-state index is 13.0. The number of nitrogens with zero attached hydrogens (tertiary/aromatic N) is 1. The lowest BCUT2D eigenvalue weighted by molar-refractivity contribution is -0.384. The summed E-state index contributed by atoms with van der Waals surface area (Å²) in [6.45, 7) is 4.21. The van der Waals surface area contributed by atoms with Crippen LogP contribution >= 0.6 is 0 Å². The van der Waals surface area contributed by atoms with Crippen LogP contribution in [0.4, 0.5) is 5.69 Å². The van der Waals surface area contributed by atoms with Crippen molar-refractivity contribution in [3.63, 3.8) is 0 Å². The van der Waals surface area contributed by atoms with Gasteiger partial charge in [0.05, 0.1) is 4.92 Å². The third kappa shape index (κ3) is 2.01. The van der Waals surface area contributed by atoms with Crippen molar-refractivity contribution in [1.82, 2.24) is 0 Å². The van der Waals surface area contributed by atoms with Crippen molar-refractivity contribution in [2.45, 2.75) is 37.4 Å². The number of ether oxygens (including phenoxy) is 1. The Labute approximate surface area is 139 Å². The Morgan fingerprint density at radius 1 is 1.17 bits per heavy atom. The van der Waals surface area contributed by atoms with Gasteiger partial charge >= 0.3 is 0 Å². The first-order chi connectivity index (χ1) is 11.3. The molecule has 2 aromatic carbocycles. The predicted molar refractivity (Wildman–Crippen MR) is 88.1 cm³/mol. The number of ketones is 1. The number of nitro benzene ring substituents is 1. The Balaban J connectivity index is 1.75. The number of hydrogen-bond donors (Lipinski definition) is 0. The second kappa shape index (κ2) is 4.74. The number of carbonyl (C=O) groups is 1. The zero-order chi connectivity index (χ0) is 17.1. The highest BCUT2D eigenvalue weighted by Crippen LogP contribution is 2.60. The van der Waals surface area contributed by atoms with Crippen LogP contribution in [-0.2, 0) is 10.2 Å². The molecule has 122 valence electrons. The number of fused-ring (bicyclic) bond motifs is 1. The normalized spacial score (nSPS) is 26.9. The van der Waals surface area contributed by atoms with Gasteiger partial charge in [-0.05, 0) is 23.0 Å². The quantitative estimate of drug-likeness (QED) is 0.476. The second-order valence-electron chi connectivity index (χ2n) is 7.17. The maximum absolute atomic E-state index is 13.0. The minimum Gasteiger partial charge on any atom is -0.352 e. The fraction of sp³-hybridized carbons (Fsp3) is 0.316. The van der Waals surface area contributed by atoms with Crippen LogP contribution in [0.15, 0.2) is 48.5 Å². The molecule has 2 unspecified atom stereocenters. The van der Waals surface area contributed by atoms with E-state index in [2.05, 4.69) is 13.8 Å². The molecule has 1 heterocycles. The van der Waals surface area contributed by atoms with E-state index in [9.17, 15) is 14.9 Å². The molecule has 0 N–H and O–H groups in total. The van der Waals surface area contributed by atoms with Crippen molar-refractivity contribution >= 4 is 11.5 Å². The first-order valence-corrected chi connectivity index (χ1v) is 7.92. The monoisotopic (exact) mass is 323 g/mol. The number of epoxide rings is 1. The minimum absolute atomic E-state index is 0.0149. The highest BCUT2D eigenvalue weighted by Gasteiger charge is 2.67. The van der Waals surface area contributed by atoms with Crippen LogP contribution in [-0.4, -0.2) is 16.3 Å². The number of non-ortho nitro benzene ring substituents is 1. The van der Waals surface area contributed by atoms with E-state index in [1.165, 1.54) is 12.1 Å². The lowest BCUT2D eigenvalue weighted by atomic mass is 9.66. The largest absolute Gasteiger partial charge is 0.352 e. The molecule has 1 fully saturated rings. The Hall–Kier alpha value is -2.53. The molecule has 0 amide bonds. The smallest absolute Gasteiger partial charge is 0.269 e. The van der Waals surface area contributed by atoms with E-state index in [1.807, 2.05) is 24.3 Å². The van der Waals surface area contributed by atoms with Crippen molar-refractivity contribution < 1.29 is 14.5 Å². The van der Waals surface area contributed by atoms with E-state index >= 15 is 0 Å². The average molecular weight is 323 g/mol. The van der Waals surface area contributed by atoms with Crippen LogP contribution in [0, 0.1) is 10.1 Å². The standard InChI is InChI=1S/C19H17NO4/c1-18(2)11-19(16(21)14-8-3-4-9-15(14)18)17(24-19)12-6-5-7-13(10-12)20(22)23/h3-10,17H,11H2,1-2H3. The Kier molecular flexibility index (Phi) is 2.97. The fourth-order valence-electron chi connectivity index (χ4n) is 3.95. The van der Waals surface area contributed by atoms with Gasteiger partial charge in [-0.25, -0.2) is 0 Å². The SMILES string of the molecule is CC1(C)CC2(OC2c2cccc([N+](=O)[O-])c2)C(=O)c2ccccc21. The van der Waals surface area contributed by atoms with E-state index in [-0.39, 0.29) is 16.9 Å². The molecule has 0 saturated carbocycles. The zero-order valence-corrected chi connectivity index (χ0v) is 13.5. The number of nitro groups is 1. The summed E-state index contributed by atoms with van der Waals surface area (Å²) >= 11 is 0. The molecule has 1 aliphatic carbocycles. The second-order valence-corrected chi connectivity index (χ2v) is 7.17. The summed E-state index contributed by atoms with van der Waals surface area (Å²) in [5.41, 5.74) is 1.34. The van der Waals surface area contributed by atoms with E-state index in [0.29, 0.717) is 17.5 Å². The zero-order valence-electron chi connectivity index (χ0n) is 13.5. The van der Waals surface area contributed by atoms with Gasteiger partial charge in [-0.2, -0.15) is 0 Å². The van der Waals surface area contributed by atoms with E-state index in [4.69, 9.17) is 4.74 Å². The van der Waals surface area contributed by atoms with Gasteiger partial charge in [0.25, 0.3) is 5.69 Å². The molecule has 4 rings (SSSR count). The summed E-state index contributed by atoms with van der Waals surface area (Å²) < 4.78 is 5.90. The van der Waals surface area contributed by atoms with Gasteiger partial charge in [0.15, 0.2) is 11.4 Å². The molecule has 2 atom stereocenters. The summed E-state index contributed by atoms with van der Waals surface area (Å²) in [6, 6.07) is 14.0. The number of carbonyl (C=O) groups excluding carboxylic acids is 1. The maximum Gasteiger partial charge on any atom is 0.269 e. The molecule has 2 aromatic rings. The summed E-state index contributed by atoms with van der Waals surface area (Å²) in [7, 11) is 0. The van der Waals surface area contributed by atoms with Gasteiger partial charge < -0.3 is 4.74 Å². The van der Waals surface area contributed by atoms with Crippen LogP contribution in [0.5, 0.6) is 0 Å². The molecule has 1 spiro atoms. The topological polar surface area (TPSA) is 72.7 Å². The highest BCUT2D eigenvalue weighted by molar-refractivity contribution is 6.07. The molecule has 1 aliphatic heterocycles. The van der Waals surface area contributed by atoms with Gasteiger partial charge in [0.1, 0.15) is 6.10 Å². The van der Waals surface area contributed by atoms with Crippen molar-refractivity contribution in [2.24, 2.45) is 0 Å². The predicted octanol–water partition coefficient (Wildman–Crippen LogP) is 3.97. The van der Waals surface area contributed by atoms with Crippen molar-refractivity contribution in [3.05, 3.63) is 75.3 Å². The third-order valence-electron chi connectivity index (χ3n) is 5.07. The molecule has 1 saturated heterocycles. The molecular weight excluding hydrogens is 306 g/mol. The van der Waals surface area contributed by atoms with Gasteiger partial charge in [-0.15, -0.1) is 0 Å². The molecule has 0 aromatic heterocycles. The summed E-state index contributed by atoms with van der Waals surface area (Å²) in [6.07, 6.45) is 0.154. The molecule has 5 heteroatoms. The van der Waals surface area contributed by atoms with Gasteiger partial charge in [0, 0.05) is 17.7 Å². The lowest BCUT2D eigenvalue weighted by Gasteiger charge is -2.35. The van der Waals surface area contributed by atoms with Crippen molar-refractivity contribution in [2.75, 3.05) is 0 Å². The Bertz CT molecular complexity index is 873. The van der Waals surface area contributed by atoms with Crippen molar-refractivity contribution in [3.8, 4) is 0 Å². The van der Waals surface area contributed by atoms with Crippen molar-refractivity contribution in [1.29, 1.82) is 0 Å². The van der Waals surface area contributed by atoms with Gasteiger partial charge in [0.2, 0.25) is 0 Å². The molecule has 0 radical (unpaired) electrons. The van der Waals surface area contributed by atoms with Crippen LogP contribution in [0.2, 0.25) is 0 Å². The molecular formula is C19H17NO4. The molecule has 24 heavy (non-hydrogen) atoms. The molecule has 5 nitrogen and oxygen atoms in total. The van der Waals surface area contributed by atoms with Crippen LogP contribution in [0.1, 0.15) is 47.9 Å². The molecule has 0 bridgehead atoms. The number of benzene rings is 2. The van der Waals surface area contributed by atoms with Crippen LogP contribution in [0.25, 0.3) is 0 Å². The number of rotatable bonds is 2. The average Bonchev–Trinajstić information content (AvgIpc) is 3.27. The van der Waals surface area contributed by atoms with E-state index in [0.717, 1.165) is 5.56 Å². The Morgan fingerprint density at radius 2 is 1.92 bits per heavy atom. The summed E-state index contributed by atoms with van der Waals surface area (Å²) in [5.74, 6) is -0.0195. The lowest BCUT2D eigenvalue weighted by Crippen LogP contribution is -2.40. The summed E-state index contributed by atoms with van der Waals surface area (Å²) in [5, 5.41) is 11.0. The summed E-state index contributed by atoms with van der Waals surface area (Å²) in [4.78, 5) is 23.6. The minimum atomic E-state index is -0.896. The number of Topliss-reactive ketones (excluding diaryl/α,β-unsaturated/α-hetero) is 1. The fourth-order valence-corrected chi connectivity index (χ4v) is 3.95. The van der Waals surface area contributed by atoms with E-state index < -0.39 is 16.6 Å². The Morgan fingerprint density at radius 3 is 2.67 bits per heavy atom. The van der Waals surface area contributed by atoms with E-state index in [1.54, 1.807) is 12.1 Å². The first kappa shape index (κ1) is 15.0. The third-order valence-corrected chi connectivity index (χ3v) is 5.07. The first-order valence-electron chi connectivity index (χ1n) is 7.92. The number of hydrogen-bond acceptors (Lipinski definition) is 4. The van der Waals surface area contributed by atoms with Crippen LogP contribution < -0.4 is 0 Å². The highest BCUT2D eigenvalue weighted by atomic mass is 16.6. The van der Waals surface area contributed by atoms with Gasteiger partial charge in [-0.3, -0.25) is 14.9 Å². The van der Waals surface area contributed by atoms with Gasteiger partial charge in [-0.1, -0.05) is 50.2 Å². The van der Waals surface area contributed by atoms with Crippen LogP contribution in [0.3, 0.4) is 0 Å².